The van der Waals surface area contributed by atoms with Gasteiger partial charge in [0.05, 0.1) is 12.2 Å². The third-order valence-electron chi connectivity index (χ3n) is 3.43. The number of benzene rings is 1. The fraction of sp³-hybridized carbons (Fsp3) is 0.118. The van der Waals surface area contributed by atoms with Crippen molar-refractivity contribution in [3.05, 3.63) is 70.9 Å². The SMILES string of the molecule is O=C(NCC(O)c1cccs1)Nc1cc(-n2cccc2)ccc1F. The van der Waals surface area contributed by atoms with Crippen LogP contribution in [0.2, 0.25) is 0 Å². The predicted octanol–water partition coefficient (Wildman–Crippen LogP) is 3.53. The number of hydrogen-bond donors (Lipinski definition) is 3. The second kappa shape index (κ2) is 7.29. The maximum absolute atomic E-state index is 13.9. The van der Waals surface area contributed by atoms with E-state index in [9.17, 15) is 14.3 Å². The summed E-state index contributed by atoms with van der Waals surface area (Å²) in [6, 6.07) is 11.2. The molecule has 0 spiro atoms. The zero-order valence-electron chi connectivity index (χ0n) is 12.6. The van der Waals surface area contributed by atoms with Gasteiger partial charge in [0.1, 0.15) is 11.9 Å². The van der Waals surface area contributed by atoms with Crippen molar-refractivity contribution in [3.8, 4) is 5.69 Å². The monoisotopic (exact) mass is 345 g/mol. The van der Waals surface area contributed by atoms with Crippen LogP contribution in [-0.4, -0.2) is 22.2 Å². The van der Waals surface area contributed by atoms with Gasteiger partial charge >= 0.3 is 6.03 Å². The van der Waals surface area contributed by atoms with Crippen LogP contribution in [-0.2, 0) is 0 Å². The molecule has 24 heavy (non-hydrogen) atoms. The second-order valence-electron chi connectivity index (χ2n) is 5.12. The zero-order valence-corrected chi connectivity index (χ0v) is 13.5. The Balaban J connectivity index is 1.62. The van der Waals surface area contributed by atoms with Crippen molar-refractivity contribution in [2.45, 2.75) is 6.10 Å². The van der Waals surface area contributed by atoms with Crippen LogP contribution < -0.4 is 10.6 Å². The summed E-state index contributed by atoms with van der Waals surface area (Å²) in [5, 5.41) is 16.8. The number of carbonyl (C=O) groups excluding carboxylic acids is 1. The lowest BCUT2D eigenvalue weighted by Crippen LogP contribution is -2.32. The van der Waals surface area contributed by atoms with Crippen molar-refractivity contribution < 1.29 is 14.3 Å². The molecule has 0 fully saturated rings. The molecule has 0 aliphatic carbocycles. The Kier molecular flexibility index (Phi) is 4.93. The number of amides is 2. The van der Waals surface area contributed by atoms with Crippen molar-refractivity contribution in [3.63, 3.8) is 0 Å². The van der Waals surface area contributed by atoms with E-state index < -0.39 is 18.0 Å². The third kappa shape index (κ3) is 3.81. The lowest BCUT2D eigenvalue weighted by molar-refractivity contribution is 0.178. The molecule has 5 nitrogen and oxygen atoms in total. The first kappa shape index (κ1) is 16.2. The molecular formula is C17H16FN3O2S. The standard InChI is InChI=1S/C17H16FN3O2S/c18-13-6-5-12(21-7-1-2-8-21)10-14(13)20-17(23)19-11-15(22)16-4-3-9-24-16/h1-10,15,22H,11H2,(H2,19,20,23). The van der Waals surface area contributed by atoms with Crippen molar-refractivity contribution in [1.82, 2.24) is 9.88 Å². The minimum atomic E-state index is -0.785. The summed E-state index contributed by atoms with van der Waals surface area (Å²) in [7, 11) is 0. The van der Waals surface area contributed by atoms with Gasteiger partial charge in [-0.25, -0.2) is 9.18 Å². The van der Waals surface area contributed by atoms with Gasteiger partial charge in [-0.1, -0.05) is 6.07 Å². The number of aliphatic hydroxyl groups excluding tert-OH is 1. The lowest BCUT2D eigenvalue weighted by Gasteiger charge is -2.13. The molecule has 0 radical (unpaired) electrons. The van der Waals surface area contributed by atoms with Gasteiger partial charge in [0, 0.05) is 23.0 Å². The Morgan fingerprint density at radius 2 is 2.04 bits per heavy atom. The number of rotatable bonds is 5. The van der Waals surface area contributed by atoms with Gasteiger partial charge in [-0.05, 0) is 41.8 Å². The Labute approximate surface area is 142 Å². The number of nitrogens with one attached hydrogen (secondary N) is 2. The molecule has 0 saturated carbocycles. The number of aliphatic hydroxyl groups is 1. The van der Waals surface area contributed by atoms with Crippen LogP contribution >= 0.6 is 11.3 Å². The number of hydrogen-bond acceptors (Lipinski definition) is 3. The summed E-state index contributed by atoms with van der Waals surface area (Å²) in [4.78, 5) is 12.7. The third-order valence-corrected chi connectivity index (χ3v) is 4.40. The molecule has 3 aromatic rings. The van der Waals surface area contributed by atoms with Crippen molar-refractivity contribution in [2.75, 3.05) is 11.9 Å². The summed E-state index contributed by atoms with van der Waals surface area (Å²) in [6.45, 7) is 0.0469. The average molecular weight is 345 g/mol. The minimum absolute atomic E-state index is 0.0469. The van der Waals surface area contributed by atoms with Gasteiger partial charge in [0.25, 0.3) is 0 Å². The maximum atomic E-state index is 13.9. The van der Waals surface area contributed by atoms with Gasteiger partial charge in [-0.3, -0.25) is 0 Å². The maximum Gasteiger partial charge on any atom is 0.319 e. The van der Waals surface area contributed by atoms with E-state index >= 15 is 0 Å². The highest BCUT2D eigenvalue weighted by Crippen LogP contribution is 2.20. The van der Waals surface area contributed by atoms with Crippen LogP contribution in [0.25, 0.3) is 5.69 Å². The fourth-order valence-electron chi connectivity index (χ4n) is 2.21. The van der Waals surface area contributed by atoms with E-state index in [-0.39, 0.29) is 12.2 Å². The topological polar surface area (TPSA) is 66.3 Å². The van der Waals surface area contributed by atoms with Crippen LogP contribution in [0.5, 0.6) is 0 Å². The molecule has 1 atom stereocenters. The molecule has 1 unspecified atom stereocenters. The Hall–Kier alpha value is -2.64. The molecule has 2 amide bonds. The molecule has 0 aliphatic rings. The highest BCUT2D eigenvalue weighted by Gasteiger charge is 2.12. The average Bonchev–Trinajstić information content (AvgIpc) is 3.28. The number of carbonyl (C=O) groups is 1. The molecular weight excluding hydrogens is 329 g/mol. The van der Waals surface area contributed by atoms with E-state index in [0.717, 1.165) is 10.6 Å². The summed E-state index contributed by atoms with van der Waals surface area (Å²) < 4.78 is 15.7. The number of nitrogens with zero attached hydrogens (tertiary/aromatic N) is 1. The highest BCUT2D eigenvalue weighted by atomic mass is 32.1. The van der Waals surface area contributed by atoms with Crippen LogP contribution in [0, 0.1) is 5.82 Å². The molecule has 2 aromatic heterocycles. The molecule has 2 heterocycles. The first-order valence-electron chi connectivity index (χ1n) is 7.32. The molecule has 7 heteroatoms. The molecule has 0 bridgehead atoms. The summed E-state index contributed by atoms with van der Waals surface area (Å²) in [5.74, 6) is -0.528. The normalized spacial score (nSPS) is 11.9. The van der Waals surface area contributed by atoms with Crippen LogP contribution in [0.1, 0.15) is 11.0 Å². The van der Waals surface area contributed by atoms with E-state index in [0.29, 0.717) is 0 Å². The quantitative estimate of drug-likeness (QED) is 0.662. The Morgan fingerprint density at radius 3 is 2.75 bits per heavy atom. The molecule has 3 N–H and O–H groups in total. The van der Waals surface area contributed by atoms with E-state index in [1.165, 1.54) is 17.4 Å². The lowest BCUT2D eigenvalue weighted by atomic mass is 10.2. The first-order valence-corrected chi connectivity index (χ1v) is 8.20. The molecule has 3 rings (SSSR count). The van der Waals surface area contributed by atoms with Gasteiger partial charge in [-0.2, -0.15) is 0 Å². The van der Waals surface area contributed by atoms with E-state index in [1.54, 1.807) is 18.2 Å². The van der Waals surface area contributed by atoms with Crippen LogP contribution in [0.3, 0.4) is 0 Å². The molecule has 124 valence electrons. The molecule has 1 aromatic carbocycles. The number of urea groups is 1. The van der Waals surface area contributed by atoms with Gasteiger partial charge in [0.15, 0.2) is 0 Å². The number of halogens is 1. The van der Waals surface area contributed by atoms with Crippen molar-refractivity contribution in [2.24, 2.45) is 0 Å². The Bertz CT molecular complexity index is 803. The van der Waals surface area contributed by atoms with E-state index in [4.69, 9.17) is 0 Å². The van der Waals surface area contributed by atoms with E-state index in [1.807, 2.05) is 40.5 Å². The summed E-state index contributed by atoms with van der Waals surface area (Å²) >= 11 is 1.41. The molecule has 0 aliphatic heterocycles. The molecule has 0 saturated heterocycles. The highest BCUT2D eigenvalue weighted by molar-refractivity contribution is 7.10. The number of aromatic nitrogens is 1. The summed E-state index contributed by atoms with van der Waals surface area (Å²) in [5.41, 5.74) is 0.805. The minimum Gasteiger partial charge on any atom is -0.386 e. The summed E-state index contributed by atoms with van der Waals surface area (Å²) in [6.07, 6.45) is 2.87. The fourth-order valence-corrected chi connectivity index (χ4v) is 2.93. The predicted molar refractivity (Wildman–Crippen MR) is 92.0 cm³/mol. The Morgan fingerprint density at radius 1 is 1.25 bits per heavy atom. The zero-order chi connectivity index (χ0) is 16.9. The largest absolute Gasteiger partial charge is 0.386 e. The van der Waals surface area contributed by atoms with Crippen molar-refractivity contribution in [1.29, 1.82) is 0 Å². The van der Waals surface area contributed by atoms with Crippen LogP contribution in [0.4, 0.5) is 14.9 Å². The van der Waals surface area contributed by atoms with Gasteiger partial charge in [-0.15, -0.1) is 11.3 Å². The first-order chi connectivity index (χ1) is 11.6. The van der Waals surface area contributed by atoms with Gasteiger partial charge in [0.2, 0.25) is 0 Å². The van der Waals surface area contributed by atoms with Gasteiger partial charge < -0.3 is 20.3 Å². The van der Waals surface area contributed by atoms with Crippen molar-refractivity contribution >= 4 is 23.1 Å². The smallest absolute Gasteiger partial charge is 0.319 e. The van der Waals surface area contributed by atoms with E-state index in [2.05, 4.69) is 10.6 Å². The number of anilines is 1. The second-order valence-corrected chi connectivity index (χ2v) is 6.10. The number of thiophene rings is 1. The van der Waals surface area contributed by atoms with Crippen LogP contribution in [0.15, 0.2) is 60.2 Å².